The topological polar surface area (TPSA) is 105 Å². The van der Waals surface area contributed by atoms with E-state index in [1.807, 2.05) is 57.2 Å². The third kappa shape index (κ3) is 6.16. The fourth-order valence-corrected chi connectivity index (χ4v) is 4.42. The van der Waals surface area contributed by atoms with Crippen LogP contribution in [0.5, 0.6) is 0 Å². The lowest BCUT2D eigenvalue weighted by molar-refractivity contribution is -0.142. The van der Waals surface area contributed by atoms with Gasteiger partial charge < -0.3 is 20.5 Å². The highest BCUT2D eigenvalue weighted by molar-refractivity contribution is 5.89. The molecule has 0 aromatic heterocycles. The molecule has 2 aromatic carbocycles. The minimum Gasteiger partial charge on any atom is -0.480 e. The van der Waals surface area contributed by atoms with Crippen LogP contribution < -0.4 is 10.6 Å². The Labute approximate surface area is 200 Å². The average molecular weight is 467 g/mol. The van der Waals surface area contributed by atoms with Crippen LogP contribution in [0.25, 0.3) is 11.1 Å². The second-order valence-corrected chi connectivity index (χ2v) is 9.19. The van der Waals surface area contributed by atoms with Crippen LogP contribution in [-0.2, 0) is 14.3 Å². The molecule has 182 valence electrons. The number of unbranched alkanes of at least 4 members (excludes halogenated alkanes) is 1. The maximum absolute atomic E-state index is 12.8. The lowest BCUT2D eigenvalue weighted by Crippen LogP contribution is -2.52. The largest absolute Gasteiger partial charge is 0.480 e. The van der Waals surface area contributed by atoms with Crippen molar-refractivity contribution in [3.05, 3.63) is 59.7 Å². The van der Waals surface area contributed by atoms with Gasteiger partial charge >= 0.3 is 12.1 Å². The highest BCUT2D eigenvalue weighted by Gasteiger charge is 2.31. The lowest BCUT2D eigenvalue weighted by atomic mass is 9.98. The molecule has 1 aliphatic rings. The van der Waals surface area contributed by atoms with E-state index in [1.165, 1.54) is 0 Å². The normalized spacial score (nSPS) is 14.1. The first kappa shape index (κ1) is 25.3. The molecule has 0 heterocycles. The number of carboxylic acid groups (broad SMARTS) is 1. The van der Waals surface area contributed by atoms with Crippen LogP contribution in [0, 0.1) is 5.92 Å². The first-order valence-corrected chi connectivity index (χ1v) is 12.0. The Morgan fingerprint density at radius 1 is 0.941 bits per heavy atom. The number of fused-ring (bicyclic) bond motifs is 3. The number of carboxylic acids is 1. The minimum atomic E-state index is -1.08. The fraction of sp³-hybridized carbons (Fsp3) is 0.444. The van der Waals surface area contributed by atoms with Gasteiger partial charge in [0.1, 0.15) is 18.7 Å². The van der Waals surface area contributed by atoms with Gasteiger partial charge in [0.15, 0.2) is 0 Å². The molecule has 34 heavy (non-hydrogen) atoms. The molecule has 3 N–H and O–H groups in total. The van der Waals surface area contributed by atoms with Crippen LogP contribution in [0.15, 0.2) is 48.5 Å². The zero-order valence-electron chi connectivity index (χ0n) is 20.0. The summed E-state index contributed by atoms with van der Waals surface area (Å²) in [6.45, 7) is 5.97. The standard InChI is InChI=1S/C27H34N2O5/c1-4-5-14-23(26(31)32)28-25(30)24(15-17(2)3)29-27(33)34-16-22-20-12-8-6-10-18(20)19-11-7-9-13-21(19)22/h6-13,17,22-24H,4-5,14-16H2,1-3H3,(H,28,30)(H,29,33)(H,31,32)/t23-,24-/m0/s1. The van der Waals surface area contributed by atoms with E-state index in [9.17, 15) is 19.5 Å². The Kier molecular flexibility index (Phi) is 8.68. The Morgan fingerprint density at radius 3 is 2.06 bits per heavy atom. The first-order valence-electron chi connectivity index (χ1n) is 12.0. The summed E-state index contributed by atoms with van der Waals surface area (Å²) in [7, 11) is 0. The zero-order valence-corrected chi connectivity index (χ0v) is 20.0. The molecule has 0 fully saturated rings. The molecule has 0 radical (unpaired) electrons. The van der Waals surface area contributed by atoms with Gasteiger partial charge in [-0.15, -0.1) is 0 Å². The number of amides is 2. The molecule has 0 saturated heterocycles. The van der Waals surface area contributed by atoms with Crippen LogP contribution in [0.1, 0.15) is 63.5 Å². The summed E-state index contributed by atoms with van der Waals surface area (Å²) in [6.07, 6.45) is 1.54. The van der Waals surface area contributed by atoms with Gasteiger partial charge in [-0.05, 0) is 41.0 Å². The summed E-state index contributed by atoms with van der Waals surface area (Å²) in [5.74, 6) is -1.55. The predicted octanol–water partition coefficient (Wildman–Crippen LogP) is 4.70. The quantitative estimate of drug-likeness (QED) is 0.445. The number of hydrogen-bond acceptors (Lipinski definition) is 4. The van der Waals surface area contributed by atoms with E-state index < -0.39 is 30.1 Å². The van der Waals surface area contributed by atoms with Gasteiger partial charge in [-0.3, -0.25) is 4.79 Å². The molecule has 0 saturated carbocycles. The van der Waals surface area contributed by atoms with Crippen molar-refractivity contribution in [2.75, 3.05) is 6.61 Å². The molecule has 0 spiro atoms. The van der Waals surface area contributed by atoms with E-state index in [0.717, 1.165) is 28.7 Å². The second kappa shape index (κ2) is 11.7. The number of carbonyl (C=O) groups excluding carboxylic acids is 2. The molecule has 7 nitrogen and oxygen atoms in total. The molecule has 1 aliphatic carbocycles. The number of aliphatic carboxylic acids is 1. The molecular weight excluding hydrogens is 432 g/mol. The molecule has 2 aromatic rings. The molecule has 0 unspecified atom stereocenters. The molecule has 2 amide bonds. The lowest BCUT2D eigenvalue weighted by Gasteiger charge is -2.23. The third-order valence-corrected chi connectivity index (χ3v) is 6.12. The predicted molar refractivity (Wildman–Crippen MR) is 131 cm³/mol. The van der Waals surface area contributed by atoms with Crippen molar-refractivity contribution in [3.63, 3.8) is 0 Å². The SMILES string of the molecule is CCCC[C@H](NC(=O)[C@H](CC(C)C)NC(=O)OCC1c2ccccc2-c2ccccc21)C(=O)O. The number of carbonyl (C=O) groups is 3. The van der Waals surface area contributed by atoms with E-state index in [2.05, 4.69) is 22.8 Å². The van der Waals surface area contributed by atoms with E-state index in [0.29, 0.717) is 19.3 Å². The van der Waals surface area contributed by atoms with Crippen molar-refractivity contribution in [3.8, 4) is 11.1 Å². The number of rotatable bonds is 11. The van der Waals surface area contributed by atoms with E-state index in [1.54, 1.807) is 0 Å². The van der Waals surface area contributed by atoms with Crippen molar-refractivity contribution in [2.45, 2.75) is 64.5 Å². The van der Waals surface area contributed by atoms with Gasteiger partial charge in [0.25, 0.3) is 0 Å². The molecule has 0 aliphatic heterocycles. The van der Waals surface area contributed by atoms with Gasteiger partial charge in [-0.25, -0.2) is 9.59 Å². The average Bonchev–Trinajstić information content (AvgIpc) is 3.13. The van der Waals surface area contributed by atoms with Gasteiger partial charge in [0.05, 0.1) is 0 Å². The van der Waals surface area contributed by atoms with Crippen LogP contribution >= 0.6 is 0 Å². The Morgan fingerprint density at radius 2 is 1.53 bits per heavy atom. The summed E-state index contributed by atoms with van der Waals surface area (Å²) in [4.78, 5) is 37.0. The number of hydrogen-bond donors (Lipinski definition) is 3. The van der Waals surface area contributed by atoms with Crippen LogP contribution in [-0.4, -0.2) is 41.8 Å². The summed E-state index contributed by atoms with van der Waals surface area (Å²) in [5.41, 5.74) is 4.48. The summed E-state index contributed by atoms with van der Waals surface area (Å²) in [6, 6.07) is 14.3. The Bertz CT molecular complexity index is 974. The second-order valence-electron chi connectivity index (χ2n) is 9.19. The van der Waals surface area contributed by atoms with Crippen LogP contribution in [0.3, 0.4) is 0 Å². The van der Waals surface area contributed by atoms with Gasteiger partial charge in [0.2, 0.25) is 5.91 Å². The Balaban J connectivity index is 1.65. The van der Waals surface area contributed by atoms with Gasteiger partial charge in [-0.2, -0.15) is 0 Å². The first-order chi connectivity index (χ1) is 16.3. The fourth-order valence-electron chi connectivity index (χ4n) is 4.42. The van der Waals surface area contributed by atoms with Gasteiger partial charge in [-0.1, -0.05) is 82.1 Å². The molecule has 3 rings (SSSR count). The molecular formula is C27H34N2O5. The smallest absolute Gasteiger partial charge is 0.407 e. The van der Waals surface area contributed by atoms with E-state index in [-0.39, 0.29) is 18.4 Å². The van der Waals surface area contributed by atoms with Gasteiger partial charge in [0, 0.05) is 5.92 Å². The third-order valence-electron chi connectivity index (χ3n) is 6.12. The monoisotopic (exact) mass is 466 g/mol. The zero-order chi connectivity index (χ0) is 24.7. The van der Waals surface area contributed by atoms with Crippen LogP contribution in [0.4, 0.5) is 4.79 Å². The van der Waals surface area contributed by atoms with E-state index in [4.69, 9.17) is 4.74 Å². The van der Waals surface area contributed by atoms with Crippen molar-refractivity contribution >= 4 is 18.0 Å². The maximum Gasteiger partial charge on any atom is 0.407 e. The number of benzene rings is 2. The Hall–Kier alpha value is -3.35. The number of alkyl carbamates (subject to hydrolysis) is 1. The highest BCUT2D eigenvalue weighted by atomic mass is 16.5. The molecule has 2 atom stereocenters. The number of nitrogens with one attached hydrogen (secondary N) is 2. The summed E-state index contributed by atoms with van der Waals surface area (Å²) in [5, 5.41) is 14.7. The highest BCUT2D eigenvalue weighted by Crippen LogP contribution is 2.44. The molecule has 7 heteroatoms. The van der Waals surface area contributed by atoms with Crippen molar-refractivity contribution < 1.29 is 24.2 Å². The van der Waals surface area contributed by atoms with Crippen molar-refractivity contribution in [1.82, 2.24) is 10.6 Å². The maximum atomic E-state index is 12.8. The van der Waals surface area contributed by atoms with Crippen molar-refractivity contribution in [2.24, 2.45) is 5.92 Å². The number of ether oxygens (including phenoxy) is 1. The van der Waals surface area contributed by atoms with E-state index >= 15 is 0 Å². The minimum absolute atomic E-state index is 0.0824. The van der Waals surface area contributed by atoms with Crippen molar-refractivity contribution in [1.29, 1.82) is 0 Å². The summed E-state index contributed by atoms with van der Waals surface area (Å²) >= 11 is 0. The summed E-state index contributed by atoms with van der Waals surface area (Å²) < 4.78 is 5.57. The van der Waals surface area contributed by atoms with Crippen LogP contribution in [0.2, 0.25) is 0 Å². The molecule has 0 bridgehead atoms.